The lowest BCUT2D eigenvalue weighted by molar-refractivity contribution is 0.0255. The van der Waals surface area contributed by atoms with E-state index in [4.69, 9.17) is 9.47 Å². The predicted octanol–water partition coefficient (Wildman–Crippen LogP) is 4.03. The number of rotatable bonds is 7. The monoisotopic (exact) mass is 332 g/mol. The molecule has 0 aliphatic carbocycles. The maximum absolute atomic E-state index is 12.0. The summed E-state index contributed by atoms with van der Waals surface area (Å²) in [6, 6.07) is 11.4. The second kappa shape index (κ2) is 9.29. The predicted molar refractivity (Wildman–Crippen MR) is 93.2 cm³/mol. The zero-order valence-corrected chi connectivity index (χ0v) is 15.2. The van der Waals surface area contributed by atoms with Crippen molar-refractivity contribution in [2.75, 3.05) is 0 Å². The van der Waals surface area contributed by atoms with Crippen molar-refractivity contribution in [1.29, 1.82) is 5.26 Å². The summed E-state index contributed by atoms with van der Waals surface area (Å²) < 4.78 is 11.0. The first kappa shape index (κ1) is 20.0. The van der Waals surface area contributed by atoms with Crippen LogP contribution < -0.4 is 5.32 Å². The van der Waals surface area contributed by atoms with Crippen LogP contribution >= 0.6 is 0 Å². The Balaban J connectivity index is 2.72. The van der Waals surface area contributed by atoms with Gasteiger partial charge in [0, 0.05) is 0 Å². The van der Waals surface area contributed by atoms with Gasteiger partial charge in [-0.2, -0.15) is 5.26 Å². The molecule has 0 fully saturated rings. The average molecular weight is 332 g/mol. The normalized spacial score (nSPS) is 13.9. The van der Waals surface area contributed by atoms with Crippen molar-refractivity contribution in [2.24, 2.45) is 5.92 Å². The maximum atomic E-state index is 12.0. The minimum absolute atomic E-state index is 0.307. The molecule has 1 aromatic rings. The van der Waals surface area contributed by atoms with Crippen LogP contribution in [0.3, 0.4) is 0 Å². The number of amides is 1. The standard InChI is InChI=1S/C19H28N2O3/c1-14(2)11-16(21-18(22)24-19(3,4)5)17(12-20)23-13-15-9-7-6-8-10-15/h6-10,14,16-17H,11,13H2,1-5H3,(H,21,22)/t16-,17+/m0/s1. The third-order valence-corrected chi connectivity index (χ3v) is 3.19. The quantitative estimate of drug-likeness (QED) is 0.818. The molecule has 0 unspecified atom stereocenters. The number of hydrogen-bond donors (Lipinski definition) is 1. The van der Waals surface area contributed by atoms with E-state index in [9.17, 15) is 10.1 Å². The Morgan fingerprint density at radius 2 is 1.88 bits per heavy atom. The summed E-state index contributed by atoms with van der Waals surface area (Å²) in [5.41, 5.74) is 0.401. The first-order chi connectivity index (χ1) is 11.2. The number of nitriles is 1. The van der Waals surface area contributed by atoms with E-state index in [0.717, 1.165) is 5.56 Å². The minimum Gasteiger partial charge on any atom is -0.444 e. The topological polar surface area (TPSA) is 71.3 Å². The Morgan fingerprint density at radius 1 is 1.25 bits per heavy atom. The van der Waals surface area contributed by atoms with Crippen LogP contribution in [0.1, 0.15) is 46.6 Å². The van der Waals surface area contributed by atoms with Crippen LogP contribution in [0.5, 0.6) is 0 Å². The van der Waals surface area contributed by atoms with E-state index in [1.54, 1.807) is 20.8 Å². The number of ether oxygens (including phenoxy) is 2. The molecule has 1 aromatic carbocycles. The molecule has 1 amide bonds. The maximum Gasteiger partial charge on any atom is 0.407 e. The van der Waals surface area contributed by atoms with Crippen LogP contribution in [0.15, 0.2) is 30.3 Å². The number of benzene rings is 1. The third kappa shape index (κ3) is 7.98. The van der Waals surface area contributed by atoms with Gasteiger partial charge < -0.3 is 14.8 Å². The fourth-order valence-electron chi connectivity index (χ4n) is 2.23. The van der Waals surface area contributed by atoms with Crippen molar-refractivity contribution in [2.45, 2.75) is 65.4 Å². The average Bonchev–Trinajstić information content (AvgIpc) is 2.46. The highest BCUT2D eigenvalue weighted by molar-refractivity contribution is 5.68. The van der Waals surface area contributed by atoms with E-state index in [2.05, 4.69) is 11.4 Å². The molecule has 0 aliphatic heterocycles. The lowest BCUT2D eigenvalue weighted by Gasteiger charge is -2.27. The molecule has 0 radical (unpaired) electrons. The highest BCUT2D eigenvalue weighted by Crippen LogP contribution is 2.14. The van der Waals surface area contributed by atoms with Crippen LogP contribution in [0.25, 0.3) is 0 Å². The van der Waals surface area contributed by atoms with E-state index in [1.807, 2.05) is 44.2 Å². The second-order valence-electron chi connectivity index (χ2n) is 7.23. The van der Waals surface area contributed by atoms with Gasteiger partial charge in [0.15, 0.2) is 6.10 Å². The molecule has 2 atom stereocenters. The van der Waals surface area contributed by atoms with Gasteiger partial charge in [0.25, 0.3) is 0 Å². The van der Waals surface area contributed by atoms with Crippen molar-refractivity contribution in [1.82, 2.24) is 5.32 Å². The summed E-state index contributed by atoms with van der Waals surface area (Å²) in [7, 11) is 0. The molecule has 132 valence electrons. The van der Waals surface area contributed by atoms with Gasteiger partial charge in [-0.15, -0.1) is 0 Å². The van der Waals surface area contributed by atoms with Crippen molar-refractivity contribution in [3.05, 3.63) is 35.9 Å². The van der Waals surface area contributed by atoms with Gasteiger partial charge in [0.05, 0.1) is 18.7 Å². The SMILES string of the molecule is CC(C)C[C@H](NC(=O)OC(C)(C)C)[C@@H](C#N)OCc1ccccc1. The summed E-state index contributed by atoms with van der Waals surface area (Å²) in [6.45, 7) is 9.81. The summed E-state index contributed by atoms with van der Waals surface area (Å²) in [5.74, 6) is 0.307. The number of carbonyl (C=O) groups is 1. The Bertz CT molecular complexity index is 544. The van der Waals surface area contributed by atoms with Crippen LogP contribution in [0.4, 0.5) is 4.79 Å². The van der Waals surface area contributed by atoms with Gasteiger partial charge in [-0.05, 0) is 38.7 Å². The molecule has 0 saturated carbocycles. The summed E-state index contributed by atoms with van der Waals surface area (Å²) >= 11 is 0. The molecule has 24 heavy (non-hydrogen) atoms. The molecule has 5 nitrogen and oxygen atoms in total. The molecule has 0 aliphatic rings. The number of alkyl carbamates (subject to hydrolysis) is 1. The Kier molecular flexibility index (Phi) is 7.73. The van der Waals surface area contributed by atoms with Gasteiger partial charge in [-0.3, -0.25) is 0 Å². The number of hydrogen-bond acceptors (Lipinski definition) is 4. The van der Waals surface area contributed by atoms with E-state index in [-0.39, 0.29) is 0 Å². The molecule has 0 heterocycles. The van der Waals surface area contributed by atoms with Gasteiger partial charge in [-0.1, -0.05) is 44.2 Å². The Hall–Kier alpha value is -2.06. The molecular weight excluding hydrogens is 304 g/mol. The lowest BCUT2D eigenvalue weighted by Crippen LogP contribution is -2.46. The zero-order valence-electron chi connectivity index (χ0n) is 15.2. The van der Waals surface area contributed by atoms with Crippen molar-refractivity contribution in [3.8, 4) is 6.07 Å². The van der Waals surface area contributed by atoms with Crippen LogP contribution in [0.2, 0.25) is 0 Å². The second-order valence-corrected chi connectivity index (χ2v) is 7.23. The molecule has 5 heteroatoms. The van der Waals surface area contributed by atoms with E-state index in [1.165, 1.54) is 0 Å². The minimum atomic E-state index is -0.736. The summed E-state index contributed by atoms with van der Waals surface area (Å²) in [5, 5.41) is 12.2. The highest BCUT2D eigenvalue weighted by Gasteiger charge is 2.27. The molecule has 0 aromatic heterocycles. The number of carbonyl (C=O) groups excluding carboxylic acids is 1. The van der Waals surface area contributed by atoms with Crippen LogP contribution in [0, 0.1) is 17.2 Å². The lowest BCUT2D eigenvalue weighted by atomic mass is 9.99. The van der Waals surface area contributed by atoms with Gasteiger partial charge in [0.2, 0.25) is 0 Å². The van der Waals surface area contributed by atoms with E-state index >= 15 is 0 Å². The molecule has 1 rings (SSSR count). The third-order valence-electron chi connectivity index (χ3n) is 3.19. The fraction of sp³-hybridized carbons (Fsp3) is 0.579. The number of nitrogens with one attached hydrogen (secondary N) is 1. The largest absolute Gasteiger partial charge is 0.444 e. The van der Waals surface area contributed by atoms with Crippen LogP contribution in [-0.4, -0.2) is 23.8 Å². The highest BCUT2D eigenvalue weighted by atomic mass is 16.6. The fourth-order valence-corrected chi connectivity index (χ4v) is 2.23. The molecule has 0 bridgehead atoms. The first-order valence-corrected chi connectivity index (χ1v) is 8.26. The summed E-state index contributed by atoms with van der Waals surface area (Å²) in [6.07, 6.45) is -0.636. The van der Waals surface area contributed by atoms with Crippen molar-refractivity contribution >= 4 is 6.09 Å². The Morgan fingerprint density at radius 3 is 2.38 bits per heavy atom. The van der Waals surface area contributed by atoms with Gasteiger partial charge in [-0.25, -0.2) is 4.79 Å². The Labute approximate surface area is 145 Å². The summed E-state index contributed by atoms with van der Waals surface area (Å²) in [4.78, 5) is 12.0. The zero-order chi connectivity index (χ0) is 18.2. The van der Waals surface area contributed by atoms with Crippen molar-refractivity contribution in [3.63, 3.8) is 0 Å². The first-order valence-electron chi connectivity index (χ1n) is 8.26. The molecular formula is C19H28N2O3. The van der Waals surface area contributed by atoms with Crippen molar-refractivity contribution < 1.29 is 14.3 Å². The number of nitrogens with zero attached hydrogens (tertiary/aromatic N) is 1. The molecule has 0 spiro atoms. The molecule has 1 N–H and O–H groups in total. The molecule has 0 saturated heterocycles. The van der Waals surface area contributed by atoms with E-state index in [0.29, 0.717) is 18.9 Å². The van der Waals surface area contributed by atoms with Gasteiger partial charge >= 0.3 is 6.09 Å². The van der Waals surface area contributed by atoms with E-state index < -0.39 is 23.8 Å². The van der Waals surface area contributed by atoms with Crippen LogP contribution in [-0.2, 0) is 16.1 Å². The van der Waals surface area contributed by atoms with Gasteiger partial charge in [0.1, 0.15) is 5.60 Å². The smallest absolute Gasteiger partial charge is 0.407 e.